The maximum Gasteiger partial charge on any atom is 0.266 e. The molecular weight excluding hydrogens is 232 g/mol. The summed E-state index contributed by atoms with van der Waals surface area (Å²) >= 11 is 0. The van der Waals surface area contributed by atoms with E-state index in [-0.39, 0.29) is 5.54 Å². The summed E-state index contributed by atoms with van der Waals surface area (Å²) in [6, 6.07) is 0. The van der Waals surface area contributed by atoms with Crippen LogP contribution >= 0.6 is 0 Å². The summed E-state index contributed by atoms with van der Waals surface area (Å²) in [6.45, 7) is 10.4. The van der Waals surface area contributed by atoms with Crippen LogP contribution in [0.15, 0.2) is 4.52 Å². The first kappa shape index (κ1) is 13.3. The van der Waals surface area contributed by atoms with Gasteiger partial charge in [-0.05, 0) is 25.9 Å². The van der Waals surface area contributed by atoms with Gasteiger partial charge >= 0.3 is 0 Å². The third-order valence-corrected chi connectivity index (χ3v) is 2.75. The predicted octanol–water partition coefficient (Wildman–Crippen LogP) is 0.837. The molecule has 2 heterocycles. The van der Waals surface area contributed by atoms with Crippen molar-refractivity contribution in [1.29, 1.82) is 0 Å². The van der Waals surface area contributed by atoms with Crippen LogP contribution in [0.1, 0.15) is 26.7 Å². The SMILES string of the molecule is CC(C)(C)NCCc1nc(N2CCOCC2)no1. The van der Waals surface area contributed by atoms with E-state index in [1.54, 1.807) is 0 Å². The van der Waals surface area contributed by atoms with Gasteiger partial charge in [0.2, 0.25) is 5.89 Å². The van der Waals surface area contributed by atoms with Gasteiger partial charge in [0, 0.05) is 31.6 Å². The Hall–Kier alpha value is -1.14. The Morgan fingerprint density at radius 3 is 2.67 bits per heavy atom. The lowest BCUT2D eigenvalue weighted by Crippen LogP contribution is -2.37. The van der Waals surface area contributed by atoms with Gasteiger partial charge in [0.15, 0.2) is 0 Å². The van der Waals surface area contributed by atoms with Crippen LogP contribution < -0.4 is 10.2 Å². The maximum absolute atomic E-state index is 5.29. The normalized spacial score (nSPS) is 17.2. The van der Waals surface area contributed by atoms with Crippen molar-refractivity contribution in [2.75, 3.05) is 37.7 Å². The van der Waals surface area contributed by atoms with E-state index < -0.39 is 0 Å². The number of morpholine rings is 1. The summed E-state index contributed by atoms with van der Waals surface area (Å²) in [5.41, 5.74) is 0.118. The highest BCUT2D eigenvalue weighted by molar-refractivity contribution is 5.27. The number of ether oxygens (including phenoxy) is 1. The van der Waals surface area contributed by atoms with E-state index in [4.69, 9.17) is 9.26 Å². The predicted molar refractivity (Wildman–Crippen MR) is 68.8 cm³/mol. The fraction of sp³-hybridized carbons (Fsp3) is 0.833. The molecule has 0 saturated carbocycles. The minimum absolute atomic E-state index is 0.118. The summed E-state index contributed by atoms with van der Waals surface area (Å²) in [5, 5.41) is 7.41. The maximum atomic E-state index is 5.29. The number of anilines is 1. The molecule has 2 rings (SSSR count). The molecular formula is C12H22N4O2. The molecule has 1 aliphatic rings. The van der Waals surface area contributed by atoms with Crippen LogP contribution in [0, 0.1) is 0 Å². The van der Waals surface area contributed by atoms with E-state index in [1.165, 1.54) is 0 Å². The van der Waals surface area contributed by atoms with Crippen molar-refractivity contribution in [2.45, 2.75) is 32.7 Å². The molecule has 0 spiro atoms. The number of aromatic nitrogens is 2. The van der Waals surface area contributed by atoms with Crippen molar-refractivity contribution < 1.29 is 9.26 Å². The minimum Gasteiger partial charge on any atom is -0.378 e. The van der Waals surface area contributed by atoms with E-state index in [0.29, 0.717) is 11.8 Å². The highest BCUT2D eigenvalue weighted by atomic mass is 16.5. The second-order valence-corrected chi connectivity index (χ2v) is 5.51. The number of nitrogens with one attached hydrogen (secondary N) is 1. The van der Waals surface area contributed by atoms with Gasteiger partial charge in [-0.3, -0.25) is 0 Å². The van der Waals surface area contributed by atoms with Crippen molar-refractivity contribution >= 4 is 5.95 Å². The Balaban J connectivity index is 1.82. The molecule has 102 valence electrons. The standard InChI is InChI=1S/C12H22N4O2/c1-12(2,3)13-5-4-10-14-11(15-18-10)16-6-8-17-9-7-16/h13H,4-9H2,1-3H3. The second kappa shape index (κ2) is 5.67. The molecule has 0 radical (unpaired) electrons. The second-order valence-electron chi connectivity index (χ2n) is 5.51. The lowest BCUT2D eigenvalue weighted by Gasteiger charge is -2.24. The number of nitrogens with zero attached hydrogens (tertiary/aromatic N) is 3. The number of hydrogen-bond donors (Lipinski definition) is 1. The molecule has 0 aliphatic carbocycles. The first-order valence-electron chi connectivity index (χ1n) is 6.45. The van der Waals surface area contributed by atoms with E-state index in [1.807, 2.05) is 0 Å². The first-order valence-corrected chi connectivity index (χ1v) is 6.45. The van der Waals surface area contributed by atoms with Crippen molar-refractivity contribution in [3.63, 3.8) is 0 Å². The van der Waals surface area contributed by atoms with Crippen LogP contribution in [0.5, 0.6) is 0 Å². The molecule has 6 nitrogen and oxygen atoms in total. The van der Waals surface area contributed by atoms with E-state index in [0.717, 1.165) is 39.3 Å². The fourth-order valence-corrected chi connectivity index (χ4v) is 1.78. The third kappa shape index (κ3) is 3.96. The Morgan fingerprint density at radius 1 is 1.28 bits per heavy atom. The average molecular weight is 254 g/mol. The molecule has 1 aliphatic heterocycles. The van der Waals surface area contributed by atoms with Gasteiger partial charge in [-0.1, -0.05) is 0 Å². The molecule has 0 unspecified atom stereocenters. The zero-order valence-corrected chi connectivity index (χ0v) is 11.4. The first-order chi connectivity index (χ1) is 8.54. The Labute approximate surface area is 108 Å². The molecule has 1 saturated heterocycles. The molecule has 0 aromatic carbocycles. The van der Waals surface area contributed by atoms with Crippen LogP contribution in [0.25, 0.3) is 0 Å². The van der Waals surface area contributed by atoms with E-state index in [9.17, 15) is 0 Å². The summed E-state index contributed by atoms with van der Waals surface area (Å²) in [7, 11) is 0. The minimum atomic E-state index is 0.118. The average Bonchev–Trinajstić information content (AvgIpc) is 2.77. The Bertz CT molecular complexity index is 366. The fourth-order valence-electron chi connectivity index (χ4n) is 1.78. The molecule has 18 heavy (non-hydrogen) atoms. The number of hydrogen-bond acceptors (Lipinski definition) is 6. The van der Waals surface area contributed by atoms with Gasteiger partial charge in [0.1, 0.15) is 0 Å². The summed E-state index contributed by atoms with van der Waals surface area (Å²) in [6.07, 6.45) is 0.759. The molecule has 1 fully saturated rings. The van der Waals surface area contributed by atoms with Gasteiger partial charge in [-0.2, -0.15) is 4.98 Å². The van der Waals surface area contributed by atoms with E-state index in [2.05, 4.69) is 41.1 Å². The van der Waals surface area contributed by atoms with Crippen LogP contribution in [-0.4, -0.2) is 48.5 Å². The van der Waals surface area contributed by atoms with Crippen molar-refractivity contribution in [3.8, 4) is 0 Å². The van der Waals surface area contributed by atoms with Gasteiger partial charge < -0.3 is 19.5 Å². The van der Waals surface area contributed by atoms with Crippen LogP contribution in [0.3, 0.4) is 0 Å². The smallest absolute Gasteiger partial charge is 0.266 e. The summed E-state index contributed by atoms with van der Waals surface area (Å²) in [4.78, 5) is 6.50. The number of rotatable bonds is 4. The van der Waals surface area contributed by atoms with Crippen LogP contribution in [-0.2, 0) is 11.2 Å². The summed E-state index contributed by atoms with van der Waals surface area (Å²) in [5.74, 6) is 1.37. The molecule has 1 aromatic heterocycles. The van der Waals surface area contributed by atoms with Crippen LogP contribution in [0.4, 0.5) is 5.95 Å². The molecule has 0 atom stereocenters. The molecule has 1 aromatic rings. The Morgan fingerprint density at radius 2 is 2.00 bits per heavy atom. The highest BCUT2D eigenvalue weighted by Gasteiger charge is 2.17. The highest BCUT2D eigenvalue weighted by Crippen LogP contribution is 2.11. The van der Waals surface area contributed by atoms with E-state index >= 15 is 0 Å². The van der Waals surface area contributed by atoms with Crippen molar-refractivity contribution in [3.05, 3.63) is 5.89 Å². The largest absolute Gasteiger partial charge is 0.378 e. The zero-order chi connectivity index (χ0) is 13.0. The van der Waals surface area contributed by atoms with Gasteiger partial charge in [0.05, 0.1) is 13.2 Å². The molecule has 1 N–H and O–H groups in total. The lowest BCUT2D eigenvalue weighted by molar-refractivity contribution is 0.121. The monoisotopic (exact) mass is 254 g/mol. The summed E-state index contributed by atoms with van der Waals surface area (Å²) < 4.78 is 10.5. The van der Waals surface area contributed by atoms with Crippen molar-refractivity contribution in [1.82, 2.24) is 15.5 Å². The zero-order valence-electron chi connectivity index (χ0n) is 11.4. The Kier molecular flexibility index (Phi) is 4.19. The molecule has 0 bridgehead atoms. The van der Waals surface area contributed by atoms with Gasteiger partial charge in [-0.25, -0.2) is 0 Å². The third-order valence-electron chi connectivity index (χ3n) is 2.75. The topological polar surface area (TPSA) is 63.4 Å². The quantitative estimate of drug-likeness (QED) is 0.859. The van der Waals surface area contributed by atoms with Crippen LogP contribution in [0.2, 0.25) is 0 Å². The van der Waals surface area contributed by atoms with Crippen molar-refractivity contribution in [2.24, 2.45) is 0 Å². The van der Waals surface area contributed by atoms with Gasteiger partial charge in [-0.15, -0.1) is 0 Å². The molecule has 0 amide bonds. The van der Waals surface area contributed by atoms with Gasteiger partial charge in [0.25, 0.3) is 5.95 Å². The lowest BCUT2D eigenvalue weighted by atomic mass is 10.1. The molecule has 6 heteroatoms.